The van der Waals surface area contributed by atoms with E-state index in [1.165, 1.54) is 44.8 Å². The Morgan fingerprint density at radius 2 is 1.79 bits per heavy atom. The van der Waals surface area contributed by atoms with E-state index >= 15 is 0 Å². The number of furan rings is 1. The molecule has 2 N–H and O–H groups in total. The molecule has 1 aromatic rings. The quantitative estimate of drug-likeness (QED) is 0.788. The number of carbonyl (C=O) groups is 2. The van der Waals surface area contributed by atoms with Gasteiger partial charge < -0.3 is 15.1 Å². The van der Waals surface area contributed by atoms with Gasteiger partial charge >= 0.3 is 0 Å². The number of amides is 2. The van der Waals surface area contributed by atoms with E-state index in [2.05, 4.69) is 10.6 Å². The molecule has 24 heavy (non-hydrogen) atoms. The second-order valence-corrected chi connectivity index (χ2v) is 8.08. The van der Waals surface area contributed by atoms with E-state index in [4.69, 9.17) is 4.42 Å². The predicted octanol–water partition coefficient (Wildman–Crippen LogP) is 2.87. The minimum atomic E-state index is -0.221. The van der Waals surface area contributed by atoms with Gasteiger partial charge in [0.1, 0.15) is 0 Å². The van der Waals surface area contributed by atoms with Gasteiger partial charge in [0.2, 0.25) is 5.91 Å². The molecule has 5 nitrogen and oxygen atoms in total. The van der Waals surface area contributed by atoms with Gasteiger partial charge in [-0.1, -0.05) is 0 Å². The number of carbonyl (C=O) groups excluding carboxylic acids is 2. The molecule has 5 heteroatoms. The van der Waals surface area contributed by atoms with Crippen molar-refractivity contribution < 1.29 is 14.0 Å². The average molecular weight is 330 g/mol. The van der Waals surface area contributed by atoms with Crippen LogP contribution in [0.1, 0.15) is 61.9 Å². The van der Waals surface area contributed by atoms with Crippen molar-refractivity contribution in [1.82, 2.24) is 10.6 Å². The summed E-state index contributed by atoms with van der Waals surface area (Å²) in [4.78, 5) is 24.1. The third-order valence-electron chi connectivity index (χ3n) is 6.05. The van der Waals surface area contributed by atoms with E-state index in [0.29, 0.717) is 25.1 Å². The third-order valence-corrected chi connectivity index (χ3v) is 6.05. The largest absolute Gasteiger partial charge is 0.459 e. The maximum Gasteiger partial charge on any atom is 0.286 e. The van der Waals surface area contributed by atoms with Crippen molar-refractivity contribution in [2.45, 2.75) is 56.9 Å². The Labute approximate surface area is 142 Å². The lowest BCUT2D eigenvalue weighted by atomic mass is 9.53. The molecule has 0 aromatic carbocycles. The summed E-state index contributed by atoms with van der Waals surface area (Å²) in [5, 5.41) is 6.16. The number of hydrogen-bond donors (Lipinski definition) is 2. The molecular weight excluding hydrogens is 304 g/mol. The summed E-state index contributed by atoms with van der Waals surface area (Å²) in [6.45, 7) is 0.494. The van der Waals surface area contributed by atoms with Crippen LogP contribution in [-0.4, -0.2) is 23.9 Å². The summed E-state index contributed by atoms with van der Waals surface area (Å²) >= 11 is 0. The van der Waals surface area contributed by atoms with E-state index in [1.54, 1.807) is 12.1 Å². The zero-order valence-corrected chi connectivity index (χ0v) is 14.1. The lowest BCUT2D eigenvalue weighted by Crippen LogP contribution is -2.59. The smallest absolute Gasteiger partial charge is 0.286 e. The zero-order valence-electron chi connectivity index (χ0n) is 14.1. The Hall–Kier alpha value is -1.78. The van der Waals surface area contributed by atoms with Gasteiger partial charge in [-0.05, 0) is 74.8 Å². The summed E-state index contributed by atoms with van der Waals surface area (Å²) in [5.74, 6) is 2.75. The van der Waals surface area contributed by atoms with E-state index in [9.17, 15) is 9.59 Å². The van der Waals surface area contributed by atoms with Gasteiger partial charge in [0, 0.05) is 18.5 Å². The highest BCUT2D eigenvalue weighted by Gasteiger charge is 2.51. The molecule has 1 heterocycles. The highest BCUT2D eigenvalue weighted by atomic mass is 16.3. The normalized spacial score (nSPS) is 33.4. The molecular formula is C19H26N2O3. The molecule has 4 aliphatic carbocycles. The van der Waals surface area contributed by atoms with Crippen LogP contribution in [0.2, 0.25) is 0 Å². The fourth-order valence-corrected chi connectivity index (χ4v) is 5.57. The first kappa shape index (κ1) is 15.7. The first-order valence-corrected chi connectivity index (χ1v) is 9.25. The van der Waals surface area contributed by atoms with Crippen LogP contribution in [0.4, 0.5) is 0 Å². The van der Waals surface area contributed by atoms with Crippen molar-refractivity contribution in [3.8, 4) is 0 Å². The number of hydrogen-bond acceptors (Lipinski definition) is 3. The average Bonchev–Trinajstić information content (AvgIpc) is 3.04. The van der Waals surface area contributed by atoms with Gasteiger partial charge in [0.15, 0.2) is 5.76 Å². The van der Waals surface area contributed by atoms with Crippen LogP contribution in [0.15, 0.2) is 22.8 Å². The summed E-state index contributed by atoms with van der Waals surface area (Å²) in [5.41, 5.74) is 0.0866. The van der Waals surface area contributed by atoms with Crippen molar-refractivity contribution in [1.29, 1.82) is 0 Å². The first-order chi connectivity index (χ1) is 11.6. The maximum absolute atomic E-state index is 12.4. The van der Waals surface area contributed by atoms with Gasteiger partial charge in [-0.2, -0.15) is 0 Å². The highest BCUT2D eigenvalue weighted by molar-refractivity contribution is 5.91. The lowest BCUT2D eigenvalue weighted by Gasteiger charge is -2.56. The topological polar surface area (TPSA) is 71.3 Å². The predicted molar refractivity (Wildman–Crippen MR) is 89.3 cm³/mol. The second kappa shape index (κ2) is 6.26. The summed E-state index contributed by atoms with van der Waals surface area (Å²) < 4.78 is 5.04. The number of rotatable bonds is 6. The Kier molecular flexibility index (Phi) is 4.10. The van der Waals surface area contributed by atoms with Crippen LogP contribution >= 0.6 is 0 Å². The number of nitrogens with one attached hydrogen (secondary N) is 2. The lowest BCUT2D eigenvalue weighted by molar-refractivity contribution is -0.126. The fraction of sp³-hybridized carbons (Fsp3) is 0.684. The van der Waals surface area contributed by atoms with Gasteiger partial charge in [-0.15, -0.1) is 0 Å². The monoisotopic (exact) mass is 330 g/mol. The van der Waals surface area contributed by atoms with Crippen molar-refractivity contribution in [2.24, 2.45) is 17.8 Å². The minimum absolute atomic E-state index is 0.0866. The second-order valence-electron chi connectivity index (χ2n) is 8.08. The maximum atomic E-state index is 12.4. The molecule has 4 bridgehead atoms. The fourth-order valence-electron chi connectivity index (χ4n) is 5.57. The standard InChI is InChI=1S/C19H26N2O3/c22-17(4-1-5-20-18(23)16-3-2-6-24-16)21-19-10-13-7-14(11-19)9-15(8-13)12-19/h2-3,6,13-15H,1,4-5,7-12H2,(H,20,23)(H,21,22). The highest BCUT2D eigenvalue weighted by Crippen LogP contribution is 2.55. The third kappa shape index (κ3) is 3.21. The van der Waals surface area contributed by atoms with E-state index < -0.39 is 0 Å². The van der Waals surface area contributed by atoms with E-state index in [-0.39, 0.29) is 17.4 Å². The summed E-state index contributed by atoms with van der Waals surface area (Å²) in [6, 6.07) is 3.32. The van der Waals surface area contributed by atoms with Crippen molar-refractivity contribution in [3.05, 3.63) is 24.2 Å². The summed E-state index contributed by atoms with van der Waals surface area (Å²) in [6.07, 6.45) is 10.3. The molecule has 0 aliphatic heterocycles. The molecule has 5 rings (SSSR count). The molecule has 0 unspecified atom stereocenters. The molecule has 2 amide bonds. The van der Waals surface area contributed by atoms with Gasteiger partial charge in [-0.3, -0.25) is 9.59 Å². The molecule has 130 valence electrons. The first-order valence-electron chi connectivity index (χ1n) is 9.25. The van der Waals surface area contributed by atoms with Gasteiger partial charge in [0.25, 0.3) is 5.91 Å². The molecule has 0 saturated heterocycles. The zero-order chi connectivity index (χ0) is 16.6. The van der Waals surface area contributed by atoms with E-state index in [1.807, 2.05) is 0 Å². The van der Waals surface area contributed by atoms with Crippen LogP contribution < -0.4 is 10.6 Å². The van der Waals surface area contributed by atoms with Gasteiger partial charge in [-0.25, -0.2) is 0 Å². The molecule has 0 radical (unpaired) electrons. The van der Waals surface area contributed by atoms with Crippen LogP contribution in [0.25, 0.3) is 0 Å². The van der Waals surface area contributed by atoms with E-state index in [0.717, 1.165) is 17.8 Å². The van der Waals surface area contributed by atoms with Gasteiger partial charge in [0.05, 0.1) is 6.26 Å². The minimum Gasteiger partial charge on any atom is -0.459 e. The van der Waals surface area contributed by atoms with Crippen LogP contribution in [0.5, 0.6) is 0 Å². The molecule has 0 spiro atoms. The van der Waals surface area contributed by atoms with Crippen molar-refractivity contribution in [3.63, 3.8) is 0 Å². The SMILES string of the molecule is O=C(CCCNC(=O)c1ccco1)NC12CC3CC(CC(C3)C1)C2. The Morgan fingerprint density at radius 1 is 1.12 bits per heavy atom. The molecule has 4 saturated carbocycles. The Balaban J connectivity index is 1.21. The van der Waals surface area contributed by atoms with Crippen LogP contribution in [0, 0.1) is 17.8 Å². The Bertz CT molecular complexity index is 573. The molecule has 0 atom stereocenters. The molecule has 1 aromatic heterocycles. The summed E-state index contributed by atoms with van der Waals surface area (Å²) in [7, 11) is 0. The Morgan fingerprint density at radius 3 is 2.38 bits per heavy atom. The molecule has 4 aliphatic rings. The van der Waals surface area contributed by atoms with Crippen molar-refractivity contribution in [2.75, 3.05) is 6.54 Å². The van der Waals surface area contributed by atoms with Crippen LogP contribution in [0.3, 0.4) is 0 Å². The van der Waals surface area contributed by atoms with Crippen molar-refractivity contribution >= 4 is 11.8 Å². The van der Waals surface area contributed by atoms with Crippen LogP contribution in [-0.2, 0) is 4.79 Å². The molecule has 4 fully saturated rings.